The number of amides is 3. The number of pyridine rings is 1. The van der Waals surface area contributed by atoms with Gasteiger partial charge in [0.15, 0.2) is 0 Å². The summed E-state index contributed by atoms with van der Waals surface area (Å²) in [5.41, 5.74) is -0.00325. The van der Waals surface area contributed by atoms with E-state index in [2.05, 4.69) is 20.9 Å². The average Bonchev–Trinajstić information content (AvgIpc) is 2.87. The fraction of sp³-hybridized carbons (Fsp3) is 0.259. The second-order valence-electron chi connectivity index (χ2n) is 9.10. The molecule has 0 spiro atoms. The molecule has 0 saturated carbocycles. The summed E-state index contributed by atoms with van der Waals surface area (Å²) in [4.78, 5) is 43.1. The lowest BCUT2D eigenvalue weighted by atomic mass is 10.1. The van der Waals surface area contributed by atoms with E-state index in [-0.39, 0.29) is 35.8 Å². The van der Waals surface area contributed by atoms with Gasteiger partial charge in [-0.1, -0.05) is 23.2 Å². The first kappa shape index (κ1) is 30.1. The van der Waals surface area contributed by atoms with Crippen LogP contribution in [0.3, 0.4) is 0 Å². The van der Waals surface area contributed by atoms with Crippen LogP contribution in [-0.4, -0.2) is 47.9 Å². The van der Waals surface area contributed by atoms with Gasteiger partial charge in [-0.25, -0.2) is 9.78 Å². The van der Waals surface area contributed by atoms with Gasteiger partial charge in [0.05, 0.1) is 28.4 Å². The van der Waals surface area contributed by atoms with Gasteiger partial charge in [-0.2, -0.15) is 0 Å². The molecule has 3 N–H and O–H groups in total. The number of aromatic nitrogens is 1. The number of hydrogen-bond acceptors (Lipinski definition) is 7. The first-order valence-electron chi connectivity index (χ1n) is 11.8. The molecule has 0 unspecified atom stereocenters. The van der Waals surface area contributed by atoms with Gasteiger partial charge in [-0.05, 0) is 75.6 Å². The summed E-state index contributed by atoms with van der Waals surface area (Å²) >= 11 is 13.5. The van der Waals surface area contributed by atoms with Crippen molar-refractivity contribution in [1.82, 2.24) is 10.3 Å². The summed E-state index contributed by atoms with van der Waals surface area (Å²) in [5, 5.41) is 8.78. The third-order valence-corrected chi connectivity index (χ3v) is 6.09. The van der Waals surface area contributed by atoms with E-state index in [9.17, 15) is 14.4 Å². The van der Waals surface area contributed by atoms with Crippen LogP contribution in [0.1, 0.15) is 41.5 Å². The van der Waals surface area contributed by atoms with Gasteiger partial charge >= 0.3 is 6.09 Å². The van der Waals surface area contributed by atoms with Crippen molar-refractivity contribution in [3.8, 4) is 5.75 Å². The molecule has 3 aromatic rings. The van der Waals surface area contributed by atoms with Gasteiger partial charge in [0.1, 0.15) is 23.8 Å². The molecule has 2 aromatic carbocycles. The number of rotatable bonds is 9. The van der Waals surface area contributed by atoms with Crippen molar-refractivity contribution in [2.24, 2.45) is 0 Å². The Hall–Kier alpha value is -3.47. The normalized spacial score (nSPS) is 10.9. The number of benzene rings is 2. The number of hydrogen-bond donors (Lipinski definition) is 3. The molecule has 0 saturated heterocycles. The predicted molar refractivity (Wildman–Crippen MR) is 155 cm³/mol. The third-order valence-electron chi connectivity index (χ3n) is 4.90. The maximum Gasteiger partial charge on any atom is 0.407 e. The lowest BCUT2D eigenvalue weighted by molar-refractivity contribution is 0.0519. The van der Waals surface area contributed by atoms with E-state index in [0.717, 1.165) is 4.90 Å². The number of nitrogens with zero attached hydrogens (tertiary/aromatic N) is 1. The Morgan fingerprint density at radius 1 is 0.923 bits per heavy atom. The van der Waals surface area contributed by atoms with Crippen molar-refractivity contribution < 1.29 is 23.9 Å². The molecule has 12 heteroatoms. The van der Waals surface area contributed by atoms with Gasteiger partial charge in [-0.15, -0.1) is 11.8 Å². The van der Waals surface area contributed by atoms with Gasteiger partial charge in [-0.3, -0.25) is 9.59 Å². The molecule has 1 heterocycles. The Labute approximate surface area is 241 Å². The summed E-state index contributed by atoms with van der Waals surface area (Å²) in [7, 11) is 0. The van der Waals surface area contributed by atoms with Crippen molar-refractivity contribution in [2.75, 3.05) is 30.0 Å². The topological polar surface area (TPSA) is 119 Å². The highest BCUT2D eigenvalue weighted by Crippen LogP contribution is 2.28. The highest BCUT2D eigenvalue weighted by molar-refractivity contribution is 7.98. The van der Waals surface area contributed by atoms with E-state index in [1.165, 1.54) is 30.1 Å². The zero-order chi connectivity index (χ0) is 28.6. The smallest absolute Gasteiger partial charge is 0.407 e. The van der Waals surface area contributed by atoms with Crippen LogP contribution >= 0.6 is 35.0 Å². The Kier molecular flexibility index (Phi) is 10.4. The number of carbonyl (C=O) groups is 3. The maximum atomic E-state index is 13.3. The van der Waals surface area contributed by atoms with E-state index < -0.39 is 23.5 Å². The molecule has 0 bridgehead atoms. The number of ether oxygens (including phenoxy) is 2. The van der Waals surface area contributed by atoms with E-state index >= 15 is 0 Å². The molecule has 0 atom stereocenters. The molecule has 0 aliphatic rings. The monoisotopic (exact) mass is 590 g/mol. The van der Waals surface area contributed by atoms with Crippen LogP contribution in [0.4, 0.5) is 16.3 Å². The quantitative estimate of drug-likeness (QED) is 0.192. The van der Waals surface area contributed by atoms with Gasteiger partial charge < -0.3 is 25.4 Å². The van der Waals surface area contributed by atoms with Crippen LogP contribution in [0.25, 0.3) is 0 Å². The van der Waals surface area contributed by atoms with Gasteiger partial charge in [0.25, 0.3) is 11.8 Å². The average molecular weight is 592 g/mol. The molecule has 9 nitrogen and oxygen atoms in total. The van der Waals surface area contributed by atoms with Crippen LogP contribution in [0.2, 0.25) is 10.0 Å². The lowest BCUT2D eigenvalue weighted by Crippen LogP contribution is -2.34. The summed E-state index contributed by atoms with van der Waals surface area (Å²) in [6.07, 6.45) is 2.74. The van der Waals surface area contributed by atoms with Crippen LogP contribution in [0.5, 0.6) is 5.75 Å². The zero-order valence-electron chi connectivity index (χ0n) is 21.8. The Bertz CT molecular complexity index is 1350. The van der Waals surface area contributed by atoms with Crippen LogP contribution in [-0.2, 0) is 4.74 Å². The summed E-state index contributed by atoms with van der Waals surface area (Å²) in [6.45, 7) is 5.57. The van der Waals surface area contributed by atoms with E-state index in [0.29, 0.717) is 15.8 Å². The first-order valence-corrected chi connectivity index (χ1v) is 13.7. The summed E-state index contributed by atoms with van der Waals surface area (Å²) in [5.74, 6) is -0.426. The Balaban J connectivity index is 1.75. The first-order chi connectivity index (χ1) is 18.4. The number of halogens is 2. The second-order valence-corrected chi connectivity index (χ2v) is 10.9. The Morgan fingerprint density at radius 2 is 1.64 bits per heavy atom. The summed E-state index contributed by atoms with van der Waals surface area (Å²) in [6, 6.07) is 12.8. The minimum atomic E-state index is -0.619. The second kappa shape index (κ2) is 13.5. The van der Waals surface area contributed by atoms with Crippen molar-refractivity contribution in [1.29, 1.82) is 0 Å². The van der Waals surface area contributed by atoms with Crippen molar-refractivity contribution in [2.45, 2.75) is 31.3 Å². The molecule has 0 fully saturated rings. The zero-order valence-corrected chi connectivity index (χ0v) is 24.1. The Morgan fingerprint density at radius 3 is 2.31 bits per heavy atom. The van der Waals surface area contributed by atoms with Gasteiger partial charge in [0.2, 0.25) is 0 Å². The minimum Gasteiger partial charge on any atom is -0.491 e. The van der Waals surface area contributed by atoms with E-state index in [1.54, 1.807) is 57.2 Å². The molecule has 3 amide bonds. The fourth-order valence-corrected chi connectivity index (χ4v) is 3.91. The number of alkyl carbamates (subject to hydrolysis) is 1. The number of anilines is 2. The van der Waals surface area contributed by atoms with Crippen LogP contribution in [0, 0.1) is 0 Å². The molecule has 1 aromatic heterocycles. The molecular weight excluding hydrogens is 563 g/mol. The SMILES string of the molecule is CSc1ccc(C(=O)Nc2ccc(Cl)cc2C(=O)Nc2ccc(Cl)cn2)c(OCCNC(=O)OC(C)(C)C)c1. The summed E-state index contributed by atoms with van der Waals surface area (Å²) < 4.78 is 11.1. The highest BCUT2D eigenvalue weighted by atomic mass is 35.5. The molecule has 0 radical (unpaired) electrons. The number of thioether (sulfide) groups is 1. The van der Waals surface area contributed by atoms with Crippen LogP contribution < -0.4 is 20.7 Å². The number of carbonyl (C=O) groups excluding carboxylic acids is 3. The molecule has 0 aliphatic carbocycles. The molecule has 206 valence electrons. The third kappa shape index (κ3) is 9.35. The minimum absolute atomic E-state index is 0.0973. The van der Waals surface area contributed by atoms with Crippen LogP contribution in [0.15, 0.2) is 59.6 Å². The largest absolute Gasteiger partial charge is 0.491 e. The molecule has 3 rings (SSSR count). The van der Waals surface area contributed by atoms with E-state index in [4.69, 9.17) is 32.7 Å². The maximum absolute atomic E-state index is 13.3. The lowest BCUT2D eigenvalue weighted by Gasteiger charge is -2.20. The van der Waals surface area contributed by atoms with Crippen molar-refractivity contribution >= 4 is 64.4 Å². The van der Waals surface area contributed by atoms with E-state index in [1.807, 2.05) is 6.26 Å². The predicted octanol–water partition coefficient (Wildman–Crippen LogP) is 6.52. The van der Waals surface area contributed by atoms with Gasteiger partial charge in [0, 0.05) is 16.1 Å². The number of nitrogens with one attached hydrogen (secondary N) is 3. The van der Waals surface area contributed by atoms with Crippen molar-refractivity contribution in [3.05, 3.63) is 75.9 Å². The fourth-order valence-electron chi connectivity index (χ4n) is 3.20. The van der Waals surface area contributed by atoms with Crippen molar-refractivity contribution in [3.63, 3.8) is 0 Å². The molecule has 39 heavy (non-hydrogen) atoms. The standard InChI is InChI=1S/C27H28Cl2N4O5S/c1-27(2,3)38-26(36)30-11-12-37-22-14-18(39-4)7-8-19(22)24(34)32-21-9-5-16(28)13-20(21)25(35)33-23-10-6-17(29)15-31-23/h5-10,13-15H,11-12H2,1-4H3,(H,30,36)(H,32,34)(H,31,33,35). The molecule has 0 aliphatic heterocycles. The highest BCUT2D eigenvalue weighted by Gasteiger charge is 2.19. The molecular formula is C27H28Cl2N4O5S.